The Kier molecular flexibility index (Phi) is 4.42. The fourth-order valence-corrected chi connectivity index (χ4v) is 5.12. The summed E-state index contributed by atoms with van der Waals surface area (Å²) in [6.07, 6.45) is 5.37. The molecular formula is C16H18N6O3S2. The van der Waals surface area contributed by atoms with Crippen molar-refractivity contribution >= 4 is 32.9 Å². The van der Waals surface area contributed by atoms with Crippen LogP contribution in [-0.2, 0) is 9.84 Å². The molecule has 9 nitrogen and oxygen atoms in total. The van der Waals surface area contributed by atoms with Crippen LogP contribution in [0.1, 0.15) is 39.8 Å². The number of likely N-dealkylation sites (tertiary alicyclic amines) is 1. The number of amides is 1. The number of hydrogen-bond donors (Lipinski definition) is 0. The zero-order valence-electron chi connectivity index (χ0n) is 14.9. The van der Waals surface area contributed by atoms with Gasteiger partial charge in [0.15, 0.2) is 9.84 Å². The standard InChI is InChI=1S/C16H18N6O3S2/c1-10-14(26-9-19-10)15(23)21-5-3-4-11(7-21)13-12(27(2,24)25)6-17-16-18-8-20-22(13)16/h6,8-9,11H,3-5,7H2,1-2H3/t11-/m0/s1. The predicted molar refractivity (Wildman–Crippen MR) is 98.6 cm³/mol. The van der Waals surface area contributed by atoms with E-state index in [-0.39, 0.29) is 16.7 Å². The van der Waals surface area contributed by atoms with Crippen LogP contribution < -0.4 is 0 Å². The van der Waals surface area contributed by atoms with Gasteiger partial charge in [-0.25, -0.2) is 18.4 Å². The number of sulfone groups is 1. The molecule has 0 radical (unpaired) electrons. The van der Waals surface area contributed by atoms with E-state index in [2.05, 4.69) is 20.1 Å². The molecule has 1 saturated heterocycles. The molecular weight excluding hydrogens is 388 g/mol. The highest BCUT2D eigenvalue weighted by Crippen LogP contribution is 2.32. The smallest absolute Gasteiger partial charge is 0.265 e. The number of rotatable bonds is 3. The van der Waals surface area contributed by atoms with Gasteiger partial charge in [-0.3, -0.25) is 4.79 Å². The zero-order chi connectivity index (χ0) is 19.2. The fourth-order valence-electron chi connectivity index (χ4n) is 3.48. The lowest BCUT2D eigenvalue weighted by molar-refractivity contribution is 0.0708. The summed E-state index contributed by atoms with van der Waals surface area (Å²) in [6.45, 7) is 2.86. The number of aromatic nitrogens is 5. The molecule has 0 bridgehead atoms. The maximum atomic E-state index is 12.9. The topological polar surface area (TPSA) is 110 Å². The molecule has 0 N–H and O–H groups in total. The summed E-state index contributed by atoms with van der Waals surface area (Å²) >= 11 is 1.32. The van der Waals surface area contributed by atoms with Gasteiger partial charge in [0.25, 0.3) is 11.7 Å². The van der Waals surface area contributed by atoms with E-state index in [1.807, 2.05) is 6.92 Å². The number of nitrogens with zero attached hydrogens (tertiary/aromatic N) is 6. The van der Waals surface area contributed by atoms with Crippen molar-refractivity contribution in [3.8, 4) is 0 Å². The summed E-state index contributed by atoms with van der Waals surface area (Å²) in [5.74, 6) is 0.108. The Balaban J connectivity index is 1.74. The first-order valence-corrected chi connectivity index (χ1v) is 11.2. The normalized spacial score (nSPS) is 18.1. The highest BCUT2D eigenvalue weighted by molar-refractivity contribution is 7.90. The molecule has 0 saturated carbocycles. The van der Waals surface area contributed by atoms with E-state index in [0.29, 0.717) is 35.1 Å². The number of aryl methyl sites for hydroxylation is 1. The Morgan fingerprint density at radius 3 is 2.81 bits per heavy atom. The molecule has 1 fully saturated rings. The molecule has 3 aromatic rings. The van der Waals surface area contributed by atoms with E-state index in [1.54, 1.807) is 10.4 Å². The van der Waals surface area contributed by atoms with Gasteiger partial charge in [-0.05, 0) is 19.8 Å². The van der Waals surface area contributed by atoms with Crippen LogP contribution >= 0.6 is 11.3 Å². The number of fused-ring (bicyclic) bond motifs is 1. The van der Waals surface area contributed by atoms with Crippen molar-refractivity contribution in [3.63, 3.8) is 0 Å². The van der Waals surface area contributed by atoms with Gasteiger partial charge in [-0.2, -0.15) is 14.6 Å². The van der Waals surface area contributed by atoms with Gasteiger partial charge >= 0.3 is 0 Å². The van der Waals surface area contributed by atoms with Crippen molar-refractivity contribution in [3.05, 3.63) is 34.3 Å². The van der Waals surface area contributed by atoms with Gasteiger partial charge in [0.2, 0.25) is 0 Å². The third kappa shape index (κ3) is 3.21. The van der Waals surface area contributed by atoms with Crippen molar-refractivity contribution < 1.29 is 13.2 Å². The fraction of sp³-hybridized carbons (Fsp3) is 0.438. The van der Waals surface area contributed by atoms with Gasteiger partial charge in [0.1, 0.15) is 16.1 Å². The Morgan fingerprint density at radius 1 is 1.30 bits per heavy atom. The molecule has 0 aliphatic carbocycles. The lowest BCUT2D eigenvalue weighted by atomic mass is 9.94. The van der Waals surface area contributed by atoms with Crippen LogP contribution in [0.4, 0.5) is 0 Å². The third-order valence-corrected chi connectivity index (χ3v) is 6.77. The van der Waals surface area contributed by atoms with Gasteiger partial charge in [-0.15, -0.1) is 11.3 Å². The molecule has 0 unspecified atom stereocenters. The molecule has 1 atom stereocenters. The van der Waals surface area contributed by atoms with Crippen molar-refractivity contribution in [1.29, 1.82) is 0 Å². The van der Waals surface area contributed by atoms with Crippen LogP contribution in [0.25, 0.3) is 5.78 Å². The molecule has 1 aliphatic heterocycles. The van der Waals surface area contributed by atoms with Crippen molar-refractivity contribution in [2.75, 3.05) is 19.3 Å². The molecule has 11 heteroatoms. The first-order valence-electron chi connectivity index (χ1n) is 8.44. The van der Waals surface area contributed by atoms with Crippen molar-refractivity contribution in [2.45, 2.75) is 30.6 Å². The summed E-state index contributed by atoms with van der Waals surface area (Å²) in [6, 6.07) is 0. The van der Waals surface area contributed by atoms with Crippen LogP contribution in [0, 0.1) is 6.92 Å². The maximum absolute atomic E-state index is 12.9. The van der Waals surface area contributed by atoms with E-state index in [1.165, 1.54) is 28.4 Å². The second kappa shape index (κ2) is 6.64. The average molecular weight is 406 g/mol. The zero-order valence-corrected chi connectivity index (χ0v) is 16.5. The van der Waals surface area contributed by atoms with E-state index in [0.717, 1.165) is 19.1 Å². The van der Waals surface area contributed by atoms with E-state index in [4.69, 9.17) is 0 Å². The van der Waals surface area contributed by atoms with Crippen molar-refractivity contribution in [1.82, 2.24) is 29.5 Å². The van der Waals surface area contributed by atoms with Gasteiger partial charge < -0.3 is 4.90 Å². The second-order valence-corrected chi connectivity index (χ2v) is 9.45. The summed E-state index contributed by atoms with van der Waals surface area (Å²) < 4.78 is 26.1. The first-order chi connectivity index (χ1) is 12.9. The molecule has 3 aromatic heterocycles. The summed E-state index contributed by atoms with van der Waals surface area (Å²) in [7, 11) is -3.50. The van der Waals surface area contributed by atoms with Crippen LogP contribution in [0.2, 0.25) is 0 Å². The quantitative estimate of drug-likeness (QED) is 0.645. The monoisotopic (exact) mass is 406 g/mol. The van der Waals surface area contributed by atoms with Gasteiger partial charge in [-0.1, -0.05) is 0 Å². The Labute approximate surface area is 160 Å². The highest BCUT2D eigenvalue weighted by atomic mass is 32.2. The second-order valence-electron chi connectivity index (χ2n) is 6.61. The molecule has 1 amide bonds. The summed E-state index contributed by atoms with van der Waals surface area (Å²) in [4.78, 5) is 27.7. The number of piperidine rings is 1. The molecule has 142 valence electrons. The Bertz CT molecular complexity index is 1120. The minimum atomic E-state index is -3.50. The molecule has 0 aromatic carbocycles. The number of hydrogen-bond acceptors (Lipinski definition) is 8. The number of carbonyl (C=O) groups is 1. The molecule has 4 heterocycles. The number of thiazole rings is 1. The Hall–Kier alpha value is -2.40. The van der Waals surface area contributed by atoms with E-state index >= 15 is 0 Å². The first kappa shape index (κ1) is 18.0. The predicted octanol–water partition coefficient (Wildman–Crippen LogP) is 1.31. The van der Waals surface area contributed by atoms with Gasteiger partial charge in [0, 0.05) is 25.3 Å². The molecule has 27 heavy (non-hydrogen) atoms. The summed E-state index contributed by atoms with van der Waals surface area (Å²) in [5, 5.41) is 4.17. The van der Waals surface area contributed by atoms with E-state index in [9.17, 15) is 13.2 Å². The SMILES string of the molecule is Cc1ncsc1C(=O)N1CCC[C@H](c2c(S(C)(=O)=O)cnc3ncnn23)C1. The largest absolute Gasteiger partial charge is 0.337 e. The Morgan fingerprint density at radius 2 is 2.11 bits per heavy atom. The molecule has 4 rings (SSSR count). The highest BCUT2D eigenvalue weighted by Gasteiger charge is 2.32. The maximum Gasteiger partial charge on any atom is 0.265 e. The molecule has 0 spiro atoms. The van der Waals surface area contributed by atoms with Crippen molar-refractivity contribution in [2.24, 2.45) is 0 Å². The average Bonchev–Trinajstić information content (AvgIpc) is 3.28. The minimum Gasteiger partial charge on any atom is -0.337 e. The van der Waals surface area contributed by atoms with E-state index < -0.39 is 9.84 Å². The molecule has 1 aliphatic rings. The lowest BCUT2D eigenvalue weighted by Crippen LogP contribution is -2.40. The number of carbonyl (C=O) groups excluding carboxylic acids is 1. The van der Waals surface area contributed by atoms with Crippen LogP contribution in [0.5, 0.6) is 0 Å². The minimum absolute atomic E-state index is 0.0653. The lowest BCUT2D eigenvalue weighted by Gasteiger charge is -2.33. The van der Waals surface area contributed by atoms with Crippen LogP contribution in [0.3, 0.4) is 0 Å². The summed E-state index contributed by atoms with van der Waals surface area (Å²) in [5.41, 5.74) is 2.91. The van der Waals surface area contributed by atoms with Gasteiger partial charge in [0.05, 0.1) is 23.1 Å². The van der Waals surface area contributed by atoms with Crippen LogP contribution in [-0.4, -0.2) is 63.1 Å². The van der Waals surface area contributed by atoms with Crippen LogP contribution in [0.15, 0.2) is 22.9 Å². The third-order valence-electron chi connectivity index (χ3n) is 4.74.